The highest BCUT2D eigenvalue weighted by Crippen LogP contribution is 2.18. The third-order valence-corrected chi connectivity index (χ3v) is 4.72. The van der Waals surface area contributed by atoms with Gasteiger partial charge in [0.05, 0.1) is 35.3 Å². The summed E-state index contributed by atoms with van der Waals surface area (Å²) in [5.41, 5.74) is 7.65. The lowest BCUT2D eigenvalue weighted by Gasteiger charge is -2.15. The third-order valence-electron chi connectivity index (χ3n) is 4.72. The van der Waals surface area contributed by atoms with Gasteiger partial charge in [0.2, 0.25) is 0 Å². The van der Waals surface area contributed by atoms with Crippen molar-refractivity contribution in [2.24, 2.45) is 0 Å². The summed E-state index contributed by atoms with van der Waals surface area (Å²) in [7, 11) is 0. The van der Waals surface area contributed by atoms with Crippen LogP contribution in [0.25, 0.3) is 22.5 Å². The number of hydrogen-bond acceptors (Lipinski definition) is 4. The fraction of sp³-hybridized carbons (Fsp3) is 0.158. The van der Waals surface area contributed by atoms with Crippen LogP contribution in [-0.2, 0) is 6.54 Å². The molecule has 7 heteroatoms. The van der Waals surface area contributed by atoms with E-state index in [1.807, 2.05) is 60.8 Å². The number of amides is 1. The first-order valence-electron chi connectivity index (χ1n) is 8.41. The summed E-state index contributed by atoms with van der Waals surface area (Å²) in [6.45, 7) is 4.52. The number of nitrogens with zero attached hydrogens (tertiary/aromatic N) is 5. The molecule has 1 aliphatic rings. The van der Waals surface area contributed by atoms with Gasteiger partial charge in [-0.05, 0) is 38.1 Å². The second-order valence-electron chi connectivity index (χ2n) is 6.35. The molecule has 0 atom stereocenters. The largest absolute Gasteiger partial charge is 0.345 e. The van der Waals surface area contributed by atoms with Gasteiger partial charge < -0.3 is 5.32 Å². The van der Waals surface area contributed by atoms with Crippen molar-refractivity contribution in [3.63, 3.8) is 0 Å². The molecule has 0 unspecified atom stereocenters. The number of nitrogens with one attached hydrogen (secondary N) is 1. The molecule has 0 aliphatic carbocycles. The predicted molar refractivity (Wildman–Crippen MR) is 97.5 cm³/mol. The Hall–Kier alpha value is -3.48. The van der Waals surface area contributed by atoms with Crippen molar-refractivity contribution in [2.45, 2.75) is 20.4 Å². The Balaban J connectivity index is 0.000000117. The van der Waals surface area contributed by atoms with E-state index in [-0.39, 0.29) is 5.91 Å². The molecule has 0 saturated heterocycles. The Morgan fingerprint density at radius 3 is 2.54 bits per heavy atom. The standard InChI is InChI=1S/C10H9N3O.C9H7N3/c1-6-8-5-11-10(14)7-3-2-4-9(12-6)13(7)8;1-6-9-10-5-7-3-2-4-8(11-6)12(7)9/h2-4H,5H2,1H3,(H,11,14);2-5H,1H3. The van der Waals surface area contributed by atoms with E-state index in [0.717, 1.165) is 39.5 Å². The minimum absolute atomic E-state index is 0.0273. The maximum Gasteiger partial charge on any atom is 0.268 e. The molecule has 1 aliphatic heterocycles. The van der Waals surface area contributed by atoms with E-state index < -0.39 is 0 Å². The van der Waals surface area contributed by atoms with Gasteiger partial charge in [0.25, 0.3) is 5.91 Å². The highest BCUT2D eigenvalue weighted by molar-refractivity contribution is 5.94. The van der Waals surface area contributed by atoms with Gasteiger partial charge in [0.15, 0.2) is 5.65 Å². The molecular weight excluding hydrogens is 328 g/mol. The summed E-state index contributed by atoms with van der Waals surface area (Å²) in [5.74, 6) is -0.0273. The van der Waals surface area contributed by atoms with Gasteiger partial charge in [-0.15, -0.1) is 0 Å². The van der Waals surface area contributed by atoms with Crippen molar-refractivity contribution in [3.05, 3.63) is 65.4 Å². The van der Waals surface area contributed by atoms with Crippen LogP contribution in [-0.4, -0.2) is 29.7 Å². The van der Waals surface area contributed by atoms with Crippen LogP contribution in [0.15, 0.2) is 42.6 Å². The van der Waals surface area contributed by atoms with Crippen LogP contribution in [0.3, 0.4) is 0 Å². The number of rotatable bonds is 0. The van der Waals surface area contributed by atoms with Crippen LogP contribution >= 0.6 is 0 Å². The average Bonchev–Trinajstić information content (AvgIpc) is 3.30. The maximum absolute atomic E-state index is 11.5. The maximum atomic E-state index is 11.5. The first kappa shape index (κ1) is 14.8. The van der Waals surface area contributed by atoms with Crippen molar-refractivity contribution in [1.82, 2.24) is 29.1 Å². The van der Waals surface area contributed by atoms with Gasteiger partial charge in [0, 0.05) is 0 Å². The van der Waals surface area contributed by atoms with Crippen molar-refractivity contribution >= 4 is 28.4 Å². The lowest BCUT2D eigenvalue weighted by Crippen LogP contribution is -2.31. The lowest BCUT2D eigenvalue weighted by molar-refractivity contribution is 0.0935. The molecule has 0 spiro atoms. The first-order valence-corrected chi connectivity index (χ1v) is 8.41. The second kappa shape index (κ2) is 5.26. The topological polar surface area (TPSA) is 76.6 Å². The van der Waals surface area contributed by atoms with Crippen molar-refractivity contribution in [1.29, 1.82) is 0 Å². The van der Waals surface area contributed by atoms with E-state index in [1.165, 1.54) is 0 Å². The number of aromatic nitrogens is 5. The lowest BCUT2D eigenvalue weighted by atomic mass is 10.2. The monoisotopic (exact) mass is 344 g/mol. The molecule has 0 radical (unpaired) electrons. The van der Waals surface area contributed by atoms with Gasteiger partial charge in [-0.1, -0.05) is 12.1 Å². The Bertz CT molecular complexity index is 1280. The number of hydrogen-bond donors (Lipinski definition) is 1. The molecule has 0 aromatic carbocycles. The molecule has 5 aromatic rings. The summed E-state index contributed by atoms with van der Waals surface area (Å²) >= 11 is 0. The predicted octanol–water partition coefficient (Wildman–Crippen LogP) is 2.51. The Kier molecular flexibility index (Phi) is 3.00. The van der Waals surface area contributed by atoms with E-state index in [2.05, 4.69) is 24.7 Å². The summed E-state index contributed by atoms with van der Waals surface area (Å²) in [6, 6.07) is 11.6. The van der Waals surface area contributed by atoms with Crippen LogP contribution in [0.4, 0.5) is 0 Å². The number of imidazole rings is 3. The van der Waals surface area contributed by atoms with Crippen molar-refractivity contribution in [3.8, 4) is 0 Å². The molecule has 0 fully saturated rings. The molecule has 1 N–H and O–H groups in total. The van der Waals surface area contributed by atoms with E-state index in [1.54, 1.807) is 0 Å². The molecular formula is C19H16N6O. The van der Waals surface area contributed by atoms with E-state index in [0.29, 0.717) is 12.2 Å². The average molecular weight is 344 g/mol. The molecule has 128 valence electrons. The van der Waals surface area contributed by atoms with Crippen molar-refractivity contribution < 1.29 is 4.79 Å². The van der Waals surface area contributed by atoms with Crippen LogP contribution in [0.1, 0.15) is 27.6 Å². The highest BCUT2D eigenvalue weighted by atomic mass is 16.2. The Morgan fingerprint density at radius 2 is 1.69 bits per heavy atom. The first-order chi connectivity index (χ1) is 12.6. The molecule has 5 aromatic heterocycles. The molecule has 1 amide bonds. The second-order valence-corrected chi connectivity index (χ2v) is 6.35. The Labute approximate surface area is 148 Å². The molecule has 6 heterocycles. The highest BCUT2D eigenvalue weighted by Gasteiger charge is 2.20. The fourth-order valence-electron chi connectivity index (χ4n) is 3.50. The normalized spacial score (nSPS) is 13.2. The summed E-state index contributed by atoms with van der Waals surface area (Å²) in [6.07, 6.45) is 1.87. The van der Waals surface area contributed by atoms with Crippen LogP contribution in [0, 0.1) is 13.8 Å². The zero-order valence-corrected chi connectivity index (χ0v) is 14.4. The number of aryl methyl sites for hydroxylation is 2. The van der Waals surface area contributed by atoms with E-state index in [4.69, 9.17) is 0 Å². The zero-order chi connectivity index (χ0) is 17.8. The van der Waals surface area contributed by atoms with E-state index in [9.17, 15) is 4.79 Å². The fourth-order valence-corrected chi connectivity index (χ4v) is 3.50. The smallest absolute Gasteiger partial charge is 0.268 e. The minimum Gasteiger partial charge on any atom is -0.345 e. The van der Waals surface area contributed by atoms with Crippen LogP contribution < -0.4 is 5.32 Å². The number of pyridine rings is 2. The molecule has 7 nitrogen and oxygen atoms in total. The van der Waals surface area contributed by atoms with Gasteiger partial charge >= 0.3 is 0 Å². The van der Waals surface area contributed by atoms with Gasteiger partial charge in [-0.2, -0.15) is 0 Å². The summed E-state index contributed by atoms with van der Waals surface area (Å²) in [5, 5.41) is 2.83. The van der Waals surface area contributed by atoms with Gasteiger partial charge in [-0.3, -0.25) is 13.6 Å². The van der Waals surface area contributed by atoms with E-state index >= 15 is 0 Å². The van der Waals surface area contributed by atoms with Gasteiger partial charge in [-0.25, -0.2) is 15.0 Å². The number of carbonyl (C=O) groups is 1. The molecule has 6 rings (SSSR count). The summed E-state index contributed by atoms with van der Waals surface area (Å²) < 4.78 is 3.99. The third kappa shape index (κ3) is 2.00. The Morgan fingerprint density at radius 1 is 0.962 bits per heavy atom. The number of carbonyl (C=O) groups excluding carboxylic acids is 1. The van der Waals surface area contributed by atoms with Gasteiger partial charge in [0.1, 0.15) is 17.0 Å². The minimum atomic E-state index is -0.0273. The molecule has 26 heavy (non-hydrogen) atoms. The van der Waals surface area contributed by atoms with Crippen molar-refractivity contribution in [2.75, 3.05) is 0 Å². The van der Waals surface area contributed by atoms with Crippen LogP contribution in [0.5, 0.6) is 0 Å². The quantitative estimate of drug-likeness (QED) is 0.468. The van der Waals surface area contributed by atoms with Crippen LogP contribution in [0.2, 0.25) is 0 Å². The zero-order valence-electron chi connectivity index (χ0n) is 14.4. The SMILES string of the molecule is Cc1nc2cccc3cnc1n32.Cc1nc2cccc3n2c1CNC3=O. The molecule has 0 bridgehead atoms. The molecule has 0 saturated carbocycles. The summed E-state index contributed by atoms with van der Waals surface area (Å²) in [4.78, 5) is 24.6.